The maximum atomic E-state index is 12.7. The molecule has 0 radical (unpaired) electrons. The van der Waals surface area contributed by atoms with E-state index in [9.17, 15) is 4.79 Å². The van der Waals surface area contributed by atoms with E-state index >= 15 is 0 Å². The predicted molar refractivity (Wildman–Crippen MR) is 117 cm³/mol. The lowest BCUT2D eigenvalue weighted by molar-refractivity contribution is -0.132. The fourth-order valence-electron chi connectivity index (χ4n) is 4.65. The number of nitrogens with zero attached hydrogens (tertiary/aromatic N) is 6. The molecule has 0 saturated heterocycles. The third-order valence-electron chi connectivity index (χ3n) is 6.42. The zero-order chi connectivity index (χ0) is 21.0. The summed E-state index contributed by atoms with van der Waals surface area (Å²) >= 11 is 0. The van der Waals surface area contributed by atoms with Gasteiger partial charge in [0, 0.05) is 39.1 Å². The lowest BCUT2D eigenvalue weighted by Crippen LogP contribution is -2.36. The summed E-state index contributed by atoms with van der Waals surface area (Å²) in [7, 11) is 0. The maximum absolute atomic E-state index is 12.7. The fourth-order valence-corrected chi connectivity index (χ4v) is 4.65. The Morgan fingerprint density at radius 2 is 1.55 bits per heavy atom. The first-order valence-corrected chi connectivity index (χ1v) is 11.1. The first-order chi connectivity index (χ1) is 15.3. The van der Waals surface area contributed by atoms with Crippen LogP contribution in [0.15, 0.2) is 48.5 Å². The molecule has 0 aliphatic carbocycles. The molecule has 160 valence electrons. The van der Waals surface area contributed by atoms with Crippen molar-refractivity contribution in [2.24, 2.45) is 0 Å². The second-order valence-corrected chi connectivity index (χ2v) is 8.49. The van der Waals surface area contributed by atoms with Crippen LogP contribution in [0.5, 0.6) is 0 Å². The lowest BCUT2D eigenvalue weighted by atomic mass is 9.99. The molecule has 0 spiro atoms. The number of carbonyl (C=O) groups is 1. The normalized spacial score (nSPS) is 16.1. The zero-order valence-corrected chi connectivity index (χ0v) is 17.8. The molecule has 2 aliphatic heterocycles. The number of benzene rings is 2. The standard InChI is InChI=1S/C24H28N6O/c31-24(29-15-12-20-7-2-4-9-22(20)17-29)10-5-13-30-23(25-26-27-30)18-28-14-11-19-6-1-3-8-21(19)16-28/h1-4,6-9H,5,10-18H2. The van der Waals surface area contributed by atoms with Gasteiger partial charge in [0.15, 0.2) is 5.82 Å². The summed E-state index contributed by atoms with van der Waals surface area (Å²) in [5.74, 6) is 1.09. The summed E-state index contributed by atoms with van der Waals surface area (Å²) in [6.45, 7) is 4.88. The van der Waals surface area contributed by atoms with Gasteiger partial charge in [-0.2, -0.15) is 0 Å². The van der Waals surface area contributed by atoms with E-state index in [1.807, 2.05) is 15.6 Å². The molecule has 2 aromatic carbocycles. The molecule has 7 nitrogen and oxygen atoms in total. The van der Waals surface area contributed by atoms with Crippen LogP contribution in [0.2, 0.25) is 0 Å². The van der Waals surface area contributed by atoms with Crippen LogP contribution in [0, 0.1) is 0 Å². The van der Waals surface area contributed by atoms with E-state index in [4.69, 9.17) is 0 Å². The van der Waals surface area contributed by atoms with Crippen molar-refractivity contribution in [3.05, 3.63) is 76.6 Å². The Morgan fingerprint density at radius 3 is 2.32 bits per heavy atom. The van der Waals surface area contributed by atoms with Crippen LogP contribution in [-0.2, 0) is 43.8 Å². The highest BCUT2D eigenvalue weighted by Gasteiger charge is 2.21. The largest absolute Gasteiger partial charge is 0.338 e. The van der Waals surface area contributed by atoms with Gasteiger partial charge in [0.25, 0.3) is 0 Å². The van der Waals surface area contributed by atoms with Crippen molar-refractivity contribution in [2.75, 3.05) is 13.1 Å². The minimum Gasteiger partial charge on any atom is -0.338 e. The molecule has 0 bridgehead atoms. The van der Waals surface area contributed by atoms with Crippen LogP contribution in [-0.4, -0.2) is 49.0 Å². The van der Waals surface area contributed by atoms with Crippen molar-refractivity contribution < 1.29 is 4.79 Å². The quantitative estimate of drug-likeness (QED) is 0.618. The Labute approximate surface area is 182 Å². The minimum absolute atomic E-state index is 0.219. The van der Waals surface area contributed by atoms with Gasteiger partial charge in [-0.1, -0.05) is 48.5 Å². The summed E-state index contributed by atoms with van der Waals surface area (Å²) in [6, 6.07) is 17.0. The molecule has 3 aromatic rings. The van der Waals surface area contributed by atoms with Gasteiger partial charge in [-0.25, -0.2) is 4.68 Å². The second kappa shape index (κ2) is 8.98. The van der Waals surface area contributed by atoms with Crippen molar-refractivity contribution in [3.8, 4) is 0 Å². The number of hydrogen-bond donors (Lipinski definition) is 0. The number of carbonyl (C=O) groups excluding carboxylic acids is 1. The average molecular weight is 417 g/mol. The molecule has 7 heteroatoms. The van der Waals surface area contributed by atoms with Crippen LogP contribution in [0.1, 0.15) is 40.9 Å². The monoisotopic (exact) mass is 416 g/mol. The van der Waals surface area contributed by atoms with Crippen LogP contribution in [0.3, 0.4) is 0 Å². The topological polar surface area (TPSA) is 67.2 Å². The number of tetrazole rings is 1. The Kier molecular flexibility index (Phi) is 5.76. The molecule has 3 heterocycles. The SMILES string of the molecule is O=C(CCCn1nnnc1CN1CCc2ccccc2C1)N1CCc2ccccc2C1. The van der Waals surface area contributed by atoms with E-state index in [0.717, 1.165) is 57.8 Å². The molecule has 2 aliphatic rings. The molecule has 5 rings (SSSR count). The van der Waals surface area contributed by atoms with Crippen LogP contribution in [0.4, 0.5) is 0 Å². The zero-order valence-electron chi connectivity index (χ0n) is 17.8. The van der Waals surface area contributed by atoms with Gasteiger partial charge in [0.2, 0.25) is 5.91 Å². The molecule has 0 unspecified atom stereocenters. The molecule has 31 heavy (non-hydrogen) atoms. The van der Waals surface area contributed by atoms with Gasteiger partial charge in [0.05, 0.1) is 6.54 Å². The fraction of sp³-hybridized carbons (Fsp3) is 0.417. The van der Waals surface area contributed by atoms with Crippen LogP contribution < -0.4 is 0 Å². The number of aromatic nitrogens is 4. The Hall–Kier alpha value is -3.06. The molecule has 0 fully saturated rings. The highest BCUT2D eigenvalue weighted by atomic mass is 16.2. The summed E-state index contributed by atoms with van der Waals surface area (Å²) < 4.78 is 1.86. The van der Waals surface area contributed by atoms with Crippen molar-refractivity contribution in [3.63, 3.8) is 0 Å². The first kappa shape index (κ1) is 19.9. The van der Waals surface area contributed by atoms with Gasteiger partial charge in [-0.15, -0.1) is 5.10 Å². The Morgan fingerprint density at radius 1 is 0.871 bits per heavy atom. The van der Waals surface area contributed by atoms with Gasteiger partial charge in [0.1, 0.15) is 0 Å². The summed E-state index contributed by atoms with van der Waals surface area (Å²) in [6.07, 6.45) is 3.28. The van der Waals surface area contributed by atoms with E-state index in [-0.39, 0.29) is 5.91 Å². The van der Waals surface area contributed by atoms with E-state index in [0.29, 0.717) is 13.0 Å². The predicted octanol–water partition coefficient (Wildman–Crippen LogP) is 2.60. The van der Waals surface area contributed by atoms with Gasteiger partial charge >= 0.3 is 0 Å². The smallest absolute Gasteiger partial charge is 0.222 e. The van der Waals surface area contributed by atoms with Crippen molar-refractivity contribution >= 4 is 5.91 Å². The molecule has 1 amide bonds. The number of amides is 1. The van der Waals surface area contributed by atoms with Gasteiger partial charge < -0.3 is 4.90 Å². The molecular formula is C24H28N6O. The van der Waals surface area contributed by atoms with E-state index in [1.54, 1.807) is 0 Å². The molecular weight excluding hydrogens is 388 g/mol. The average Bonchev–Trinajstić information content (AvgIpc) is 3.25. The number of aryl methyl sites for hydroxylation is 1. The second-order valence-electron chi connectivity index (χ2n) is 8.49. The van der Waals surface area contributed by atoms with Crippen molar-refractivity contribution in [2.45, 2.75) is 51.9 Å². The van der Waals surface area contributed by atoms with Crippen LogP contribution in [0.25, 0.3) is 0 Å². The van der Waals surface area contributed by atoms with Crippen LogP contribution >= 0.6 is 0 Å². The Balaban J connectivity index is 1.12. The Bertz CT molecular complexity index is 1060. The van der Waals surface area contributed by atoms with E-state index in [2.05, 4.69) is 62.9 Å². The summed E-state index contributed by atoms with van der Waals surface area (Å²) in [5.41, 5.74) is 5.47. The van der Waals surface area contributed by atoms with Crippen molar-refractivity contribution in [1.82, 2.24) is 30.0 Å². The van der Waals surface area contributed by atoms with Gasteiger partial charge in [-0.05, 0) is 51.9 Å². The van der Waals surface area contributed by atoms with E-state index in [1.165, 1.54) is 22.3 Å². The van der Waals surface area contributed by atoms with Gasteiger partial charge in [-0.3, -0.25) is 9.69 Å². The first-order valence-electron chi connectivity index (χ1n) is 11.1. The lowest BCUT2D eigenvalue weighted by Gasteiger charge is -2.29. The number of hydrogen-bond acceptors (Lipinski definition) is 5. The summed E-state index contributed by atoms with van der Waals surface area (Å²) in [5, 5.41) is 12.3. The number of rotatable bonds is 6. The highest BCUT2D eigenvalue weighted by molar-refractivity contribution is 5.76. The third-order valence-corrected chi connectivity index (χ3v) is 6.42. The molecule has 0 N–H and O–H groups in total. The molecule has 1 aromatic heterocycles. The van der Waals surface area contributed by atoms with E-state index < -0.39 is 0 Å². The van der Waals surface area contributed by atoms with Crippen molar-refractivity contribution in [1.29, 1.82) is 0 Å². The minimum atomic E-state index is 0.219. The molecule has 0 atom stereocenters. The third kappa shape index (κ3) is 4.51. The summed E-state index contributed by atoms with van der Waals surface area (Å²) in [4.78, 5) is 17.1. The highest BCUT2D eigenvalue weighted by Crippen LogP contribution is 2.21. The molecule has 0 saturated carbocycles. The number of fused-ring (bicyclic) bond motifs is 2. The maximum Gasteiger partial charge on any atom is 0.222 e.